The summed E-state index contributed by atoms with van der Waals surface area (Å²) < 4.78 is 13.6. The molecule has 0 aliphatic heterocycles. The molecule has 1 heterocycles. The number of rotatable bonds is 2. The van der Waals surface area contributed by atoms with Crippen molar-refractivity contribution in [3.05, 3.63) is 53.6 Å². The van der Waals surface area contributed by atoms with Crippen molar-refractivity contribution in [1.82, 2.24) is 4.98 Å². The molecule has 1 amide bonds. The monoisotopic (exact) mass is 245 g/mol. The SMILES string of the molecule is Cc1ccc(NC(=O)c2cnccc2N)c(F)c1. The van der Waals surface area contributed by atoms with Gasteiger partial charge < -0.3 is 11.1 Å². The number of pyridine rings is 1. The zero-order chi connectivity index (χ0) is 13.1. The van der Waals surface area contributed by atoms with Crippen LogP contribution in [0.25, 0.3) is 0 Å². The second-order valence-corrected chi connectivity index (χ2v) is 3.90. The van der Waals surface area contributed by atoms with E-state index in [2.05, 4.69) is 10.3 Å². The summed E-state index contributed by atoms with van der Waals surface area (Å²) in [6, 6.07) is 6.09. The summed E-state index contributed by atoms with van der Waals surface area (Å²) in [4.78, 5) is 15.7. The third-order valence-electron chi connectivity index (χ3n) is 2.47. The van der Waals surface area contributed by atoms with Gasteiger partial charge in [-0.1, -0.05) is 6.07 Å². The van der Waals surface area contributed by atoms with Gasteiger partial charge in [-0.3, -0.25) is 9.78 Å². The molecule has 1 aromatic heterocycles. The van der Waals surface area contributed by atoms with Crippen molar-refractivity contribution >= 4 is 17.3 Å². The highest BCUT2D eigenvalue weighted by molar-refractivity contribution is 6.07. The van der Waals surface area contributed by atoms with E-state index < -0.39 is 11.7 Å². The van der Waals surface area contributed by atoms with Gasteiger partial charge in [0.1, 0.15) is 5.82 Å². The van der Waals surface area contributed by atoms with Gasteiger partial charge in [0.2, 0.25) is 0 Å². The fraction of sp³-hybridized carbons (Fsp3) is 0.0769. The van der Waals surface area contributed by atoms with Crippen LogP contribution in [0.3, 0.4) is 0 Å². The van der Waals surface area contributed by atoms with Crippen LogP contribution in [0.1, 0.15) is 15.9 Å². The average Bonchev–Trinajstić information content (AvgIpc) is 2.33. The number of nitrogen functional groups attached to an aromatic ring is 1. The number of hydrogen-bond donors (Lipinski definition) is 2. The first kappa shape index (κ1) is 12.0. The Morgan fingerprint density at radius 3 is 2.83 bits per heavy atom. The molecule has 2 aromatic rings. The van der Waals surface area contributed by atoms with E-state index in [1.807, 2.05) is 0 Å². The summed E-state index contributed by atoms with van der Waals surface area (Å²) in [5.41, 5.74) is 7.07. The van der Waals surface area contributed by atoms with Gasteiger partial charge in [0.15, 0.2) is 0 Å². The number of benzene rings is 1. The molecule has 0 bridgehead atoms. The maximum Gasteiger partial charge on any atom is 0.259 e. The lowest BCUT2D eigenvalue weighted by Gasteiger charge is -2.08. The molecule has 0 saturated carbocycles. The molecule has 0 spiro atoms. The van der Waals surface area contributed by atoms with Crippen molar-refractivity contribution in [2.75, 3.05) is 11.1 Å². The second kappa shape index (κ2) is 4.83. The topological polar surface area (TPSA) is 68.0 Å². The molecule has 0 aliphatic carbocycles. The van der Waals surface area contributed by atoms with Gasteiger partial charge in [0.05, 0.1) is 11.3 Å². The van der Waals surface area contributed by atoms with Gasteiger partial charge in [-0.05, 0) is 30.7 Å². The van der Waals surface area contributed by atoms with Crippen LogP contribution in [-0.2, 0) is 0 Å². The number of aromatic nitrogens is 1. The van der Waals surface area contributed by atoms with Gasteiger partial charge >= 0.3 is 0 Å². The first-order valence-corrected chi connectivity index (χ1v) is 5.35. The highest BCUT2D eigenvalue weighted by atomic mass is 19.1. The van der Waals surface area contributed by atoms with Crippen molar-refractivity contribution in [3.63, 3.8) is 0 Å². The smallest absolute Gasteiger partial charge is 0.259 e. The molecule has 0 saturated heterocycles. The van der Waals surface area contributed by atoms with E-state index >= 15 is 0 Å². The third kappa shape index (κ3) is 2.45. The summed E-state index contributed by atoms with van der Waals surface area (Å²) in [7, 11) is 0. The predicted octanol–water partition coefficient (Wildman–Crippen LogP) is 2.36. The van der Waals surface area contributed by atoms with E-state index in [9.17, 15) is 9.18 Å². The van der Waals surface area contributed by atoms with Crippen LogP contribution < -0.4 is 11.1 Å². The van der Waals surface area contributed by atoms with Crippen LogP contribution >= 0.6 is 0 Å². The molecular weight excluding hydrogens is 233 g/mol. The fourth-order valence-electron chi connectivity index (χ4n) is 1.51. The van der Waals surface area contributed by atoms with E-state index in [0.29, 0.717) is 5.69 Å². The number of nitrogens with zero attached hydrogens (tertiary/aromatic N) is 1. The number of aryl methyl sites for hydroxylation is 1. The molecular formula is C13H12FN3O. The lowest BCUT2D eigenvalue weighted by Crippen LogP contribution is -2.15. The van der Waals surface area contributed by atoms with Crippen LogP contribution in [0.2, 0.25) is 0 Å². The Hall–Kier alpha value is -2.43. The Labute approximate surface area is 104 Å². The molecule has 0 aliphatic rings. The van der Waals surface area contributed by atoms with Crippen LogP contribution in [0.15, 0.2) is 36.7 Å². The Bertz CT molecular complexity index is 599. The molecule has 92 valence electrons. The number of carbonyl (C=O) groups is 1. The number of anilines is 2. The van der Waals surface area contributed by atoms with Crippen molar-refractivity contribution in [2.24, 2.45) is 0 Å². The molecule has 3 N–H and O–H groups in total. The van der Waals surface area contributed by atoms with E-state index in [1.54, 1.807) is 13.0 Å². The van der Waals surface area contributed by atoms with Gasteiger partial charge in [-0.2, -0.15) is 0 Å². The van der Waals surface area contributed by atoms with E-state index in [0.717, 1.165) is 5.56 Å². The van der Waals surface area contributed by atoms with Crippen LogP contribution in [0.4, 0.5) is 15.8 Å². The van der Waals surface area contributed by atoms with Crippen molar-refractivity contribution in [1.29, 1.82) is 0 Å². The number of hydrogen-bond acceptors (Lipinski definition) is 3. The second-order valence-electron chi connectivity index (χ2n) is 3.90. The zero-order valence-electron chi connectivity index (χ0n) is 9.77. The summed E-state index contributed by atoms with van der Waals surface area (Å²) in [6.45, 7) is 1.77. The van der Waals surface area contributed by atoms with Crippen LogP contribution in [-0.4, -0.2) is 10.9 Å². The Kier molecular flexibility index (Phi) is 3.23. The molecule has 18 heavy (non-hydrogen) atoms. The number of halogens is 1. The standard InChI is InChI=1S/C13H12FN3O/c1-8-2-3-12(10(14)6-8)17-13(18)9-7-16-5-4-11(9)15/h2-7H,1H3,(H2,15,16)(H,17,18). The van der Waals surface area contributed by atoms with Crippen LogP contribution in [0.5, 0.6) is 0 Å². The summed E-state index contributed by atoms with van der Waals surface area (Å²) in [5, 5.41) is 2.46. The van der Waals surface area contributed by atoms with E-state index in [4.69, 9.17) is 5.73 Å². The van der Waals surface area contributed by atoms with Crippen molar-refractivity contribution < 1.29 is 9.18 Å². The zero-order valence-corrected chi connectivity index (χ0v) is 9.77. The first-order valence-electron chi connectivity index (χ1n) is 5.35. The third-order valence-corrected chi connectivity index (χ3v) is 2.47. The Balaban J connectivity index is 2.24. The number of nitrogens with one attached hydrogen (secondary N) is 1. The van der Waals surface area contributed by atoms with E-state index in [1.165, 1.54) is 30.6 Å². The lowest BCUT2D eigenvalue weighted by molar-refractivity contribution is 0.102. The lowest BCUT2D eigenvalue weighted by atomic mass is 10.2. The number of carbonyl (C=O) groups excluding carboxylic acids is 1. The molecule has 2 rings (SSSR count). The predicted molar refractivity (Wildman–Crippen MR) is 67.7 cm³/mol. The van der Waals surface area contributed by atoms with Gasteiger partial charge in [0.25, 0.3) is 5.91 Å². The first-order chi connectivity index (χ1) is 8.58. The van der Waals surface area contributed by atoms with Crippen molar-refractivity contribution in [3.8, 4) is 0 Å². The summed E-state index contributed by atoms with van der Waals surface area (Å²) in [6.07, 6.45) is 2.83. The molecule has 0 atom stereocenters. The largest absolute Gasteiger partial charge is 0.398 e. The van der Waals surface area contributed by atoms with Gasteiger partial charge in [-0.15, -0.1) is 0 Å². The van der Waals surface area contributed by atoms with Gasteiger partial charge in [0, 0.05) is 18.1 Å². The molecule has 0 fully saturated rings. The van der Waals surface area contributed by atoms with Crippen molar-refractivity contribution in [2.45, 2.75) is 6.92 Å². The average molecular weight is 245 g/mol. The maximum absolute atomic E-state index is 13.6. The quantitative estimate of drug-likeness (QED) is 0.853. The number of nitrogens with two attached hydrogens (primary N) is 1. The molecule has 0 radical (unpaired) electrons. The summed E-state index contributed by atoms with van der Waals surface area (Å²) >= 11 is 0. The Morgan fingerprint density at radius 1 is 1.39 bits per heavy atom. The number of amides is 1. The molecule has 1 aromatic carbocycles. The van der Waals surface area contributed by atoms with Gasteiger partial charge in [-0.25, -0.2) is 4.39 Å². The minimum atomic E-state index is -0.483. The van der Waals surface area contributed by atoms with Crippen LogP contribution in [0, 0.1) is 12.7 Å². The fourth-order valence-corrected chi connectivity index (χ4v) is 1.51. The maximum atomic E-state index is 13.6. The highest BCUT2D eigenvalue weighted by Crippen LogP contribution is 2.17. The molecule has 5 heteroatoms. The highest BCUT2D eigenvalue weighted by Gasteiger charge is 2.12. The Morgan fingerprint density at radius 2 is 2.17 bits per heavy atom. The normalized spacial score (nSPS) is 10.1. The summed E-state index contributed by atoms with van der Waals surface area (Å²) in [5.74, 6) is -0.964. The van der Waals surface area contributed by atoms with E-state index in [-0.39, 0.29) is 11.3 Å². The minimum Gasteiger partial charge on any atom is -0.398 e. The minimum absolute atomic E-state index is 0.119. The molecule has 0 unspecified atom stereocenters. The molecule has 4 nitrogen and oxygen atoms in total.